The first-order valence-corrected chi connectivity index (χ1v) is 10.5. The first-order chi connectivity index (χ1) is 13.6. The van der Waals surface area contributed by atoms with E-state index in [-0.39, 0.29) is 57.4 Å². The molecule has 0 heterocycles. The van der Waals surface area contributed by atoms with Crippen LogP contribution in [0.15, 0.2) is 72.8 Å². The summed E-state index contributed by atoms with van der Waals surface area (Å²) < 4.78 is 0. The maximum Gasteiger partial charge on any atom is 2.00 e. The summed E-state index contributed by atoms with van der Waals surface area (Å²) in [6, 6.07) is 26.2. The average Bonchev–Trinajstić information content (AvgIpc) is 3.26. The van der Waals surface area contributed by atoms with Crippen molar-refractivity contribution in [3.8, 4) is 0 Å². The molecule has 0 saturated carbocycles. The van der Waals surface area contributed by atoms with Crippen LogP contribution >= 0.6 is 0 Å². The fourth-order valence-electron chi connectivity index (χ4n) is 3.17. The molecule has 4 aromatic carbocycles. The molecule has 0 spiro atoms. The van der Waals surface area contributed by atoms with E-state index in [1.165, 1.54) is 32.7 Å². The minimum absolute atomic E-state index is 0. The van der Waals surface area contributed by atoms with Crippen LogP contribution in [0.25, 0.3) is 21.5 Å². The normalized spacial score (nSPS) is 10.5. The van der Waals surface area contributed by atoms with E-state index in [1.807, 2.05) is 0 Å². The number of hydrogen-bond acceptors (Lipinski definition) is 0. The Kier molecular flexibility index (Phi) is 14.8. The van der Waals surface area contributed by atoms with Crippen LogP contribution < -0.4 is 24.8 Å². The van der Waals surface area contributed by atoms with E-state index < -0.39 is 0 Å². The zero-order valence-electron chi connectivity index (χ0n) is 20.3. The molecule has 0 atom stereocenters. The molecule has 0 amide bonds. The van der Waals surface area contributed by atoms with E-state index in [2.05, 4.69) is 128 Å². The van der Waals surface area contributed by atoms with Crippen molar-refractivity contribution in [2.45, 2.75) is 58.8 Å². The van der Waals surface area contributed by atoms with Crippen molar-refractivity contribution in [1.82, 2.24) is 0 Å². The second-order valence-electron chi connectivity index (χ2n) is 9.60. The fraction of sp³-hybridized carbons (Fsp3) is 0.310. The molecule has 0 unspecified atom stereocenters. The third-order valence-electron chi connectivity index (χ3n) is 4.97. The molecule has 4 aromatic rings. The van der Waals surface area contributed by atoms with Gasteiger partial charge in [-0.05, 0) is 10.8 Å². The van der Waals surface area contributed by atoms with E-state index >= 15 is 0 Å². The summed E-state index contributed by atoms with van der Waals surface area (Å²) in [7, 11) is 0. The standard InChI is InChI=1S/2C13H15.C3H6.2ClH.Ti/c2*1-13(2,3)12-8-10-6-4-5-7-11(10)9-12;1-3-2;;;/h2*4-9H,1-3H3;1-3H2;2*1H;/q2*-1;-2;;;+2/p-2. The maximum absolute atomic E-state index is 3.38. The van der Waals surface area contributed by atoms with Crippen molar-refractivity contribution in [3.05, 3.63) is 97.8 Å². The Morgan fingerprint density at radius 3 is 1.16 bits per heavy atom. The zero-order chi connectivity index (χ0) is 21.7. The molecule has 0 aliphatic rings. The van der Waals surface area contributed by atoms with Gasteiger partial charge in [0.2, 0.25) is 0 Å². The summed E-state index contributed by atoms with van der Waals surface area (Å²) in [5, 5.41) is 5.42. The first-order valence-electron chi connectivity index (χ1n) is 10.5. The van der Waals surface area contributed by atoms with Crippen LogP contribution in [-0.4, -0.2) is 0 Å². The van der Waals surface area contributed by atoms with Gasteiger partial charge in [0, 0.05) is 0 Å². The van der Waals surface area contributed by atoms with Gasteiger partial charge in [-0.3, -0.25) is 0 Å². The van der Waals surface area contributed by atoms with Crippen molar-refractivity contribution in [2.24, 2.45) is 0 Å². The van der Waals surface area contributed by atoms with Crippen LogP contribution in [0.2, 0.25) is 0 Å². The Hall–Kier alpha value is -1.05. The van der Waals surface area contributed by atoms with Crippen molar-refractivity contribution in [2.75, 3.05) is 0 Å². The van der Waals surface area contributed by atoms with Gasteiger partial charge >= 0.3 is 21.7 Å². The molecule has 0 fully saturated rings. The molecule has 0 radical (unpaired) electrons. The van der Waals surface area contributed by atoms with E-state index in [9.17, 15) is 0 Å². The Morgan fingerprint density at radius 1 is 0.625 bits per heavy atom. The summed E-state index contributed by atoms with van der Waals surface area (Å²) in [5.74, 6) is 0. The van der Waals surface area contributed by atoms with Gasteiger partial charge in [-0.25, -0.2) is 0 Å². The second kappa shape index (κ2) is 14.3. The summed E-state index contributed by atoms with van der Waals surface area (Å²) in [6.45, 7) is 20.3. The van der Waals surface area contributed by atoms with Gasteiger partial charge in [-0.15, -0.1) is 81.2 Å². The monoisotopic (exact) mass is 502 g/mol. The third-order valence-corrected chi connectivity index (χ3v) is 4.97. The molecule has 3 heteroatoms. The molecule has 174 valence electrons. The van der Waals surface area contributed by atoms with Gasteiger partial charge in [-0.1, -0.05) is 53.7 Å². The average molecular weight is 503 g/mol. The first kappa shape index (κ1) is 33.1. The van der Waals surface area contributed by atoms with Gasteiger partial charge in [-0.2, -0.15) is 12.1 Å². The quantitative estimate of drug-likeness (QED) is 0.256. The zero-order valence-corrected chi connectivity index (χ0v) is 23.4. The molecule has 0 saturated heterocycles. The molecule has 0 nitrogen and oxygen atoms in total. The van der Waals surface area contributed by atoms with Gasteiger partial charge in [0.05, 0.1) is 0 Å². The molecular weight excluding hydrogens is 467 g/mol. The predicted molar refractivity (Wildman–Crippen MR) is 132 cm³/mol. The molecule has 0 aromatic heterocycles. The maximum atomic E-state index is 3.38. The van der Waals surface area contributed by atoms with Crippen LogP contribution in [0.4, 0.5) is 0 Å². The SMILES string of the molecule is CC(C)(C)c1cc2ccccc2[cH-]1.CC(C)(C)c1cc2ccccc2[cH-]1.[CH2-]C[CH2-].[Cl-].[Cl-].[Ti+2]. The largest absolute Gasteiger partial charge is 2.00 e. The van der Waals surface area contributed by atoms with Gasteiger partial charge < -0.3 is 45.1 Å². The summed E-state index contributed by atoms with van der Waals surface area (Å²) in [5.41, 5.74) is 3.38. The Labute approximate surface area is 223 Å². The van der Waals surface area contributed by atoms with Gasteiger partial charge in [0.1, 0.15) is 0 Å². The molecule has 0 aliphatic heterocycles. The molecular formula is C29H36Cl2Ti-4. The van der Waals surface area contributed by atoms with Crippen molar-refractivity contribution in [3.63, 3.8) is 0 Å². The van der Waals surface area contributed by atoms with E-state index in [0.717, 1.165) is 6.42 Å². The Balaban J connectivity index is 0. The molecule has 32 heavy (non-hydrogen) atoms. The number of rotatable bonds is 0. The Bertz CT molecular complexity index is 876. The van der Waals surface area contributed by atoms with Crippen LogP contribution in [-0.2, 0) is 32.5 Å². The summed E-state index contributed by atoms with van der Waals surface area (Å²) in [6.07, 6.45) is 0.750. The fourth-order valence-corrected chi connectivity index (χ4v) is 3.17. The Morgan fingerprint density at radius 2 is 0.906 bits per heavy atom. The molecule has 0 bridgehead atoms. The molecule has 0 aliphatic carbocycles. The predicted octanol–water partition coefficient (Wildman–Crippen LogP) is 2.76. The van der Waals surface area contributed by atoms with Crippen molar-refractivity contribution >= 4 is 21.5 Å². The van der Waals surface area contributed by atoms with Gasteiger partial charge in [0.15, 0.2) is 0 Å². The third kappa shape index (κ3) is 9.44. The van der Waals surface area contributed by atoms with Gasteiger partial charge in [0.25, 0.3) is 0 Å². The topological polar surface area (TPSA) is 0 Å². The minimum atomic E-state index is 0. The van der Waals surface area contributed by atoms with Crippen LogP contribution in [0.5, 0.6) is 0 Å². The summed E-state index contributed by atoms with van der Waals surface area (Å²) in [4.78, 5) is 0. The minimum Gasteiger partial charge on any atom is -1.00 e. The summed E-state index contributed by atoms with van der Waals surface area (Å²) >= 11 is 0. The van der Waals surface area contributed by atoms with E-state index in [0.29, 0.717) is 0 Å². The number of fused-ring (bicyclic) bond motifs is 2. The number of benzene rings is 2. The van der Waals surface area contributed by atoms with Crippen molar-refractivity contribution < 1.29 is 46.5 Å². The number of halogens is 2. The second-order valence-corrected chi connectivity index (χ2v) is 9.60. The van der Waals surface area contributed by atoms with Crippen LogP contribution in [0.1, 0.15) is 59.1 Å². The van der Waals surface area contributed by atoms with Crippen molar-refractivity contribution in [1.29, 1.82) is 0 Å². The van der Waals surface area contributed by atoms with E-state index in [1.54, 1.807) is 0 Å². The number of hydrogen-bond donors (Lipinski definition) is 0. The molecule has 4 rings (SSSR count). The molecule has 0 N–H and O–H groups in total. The van der Waals surface area contributed by atoms with Crippen LogP contribution in [0.3, 0.4) is 0 Å². The van der Waals surface area contributed by atoms with E-state index in [4.69, 9.17) is 0 Å². The smallest absolute Gasteiger partial charge is 1.00 e. The van der Waals surface area contributed by atoms with Crippen LogP contribution in [0, 0.1) is 13.8 Å².